The third kappa shape index (κ3) is 5.29. The summed E-state index contributed by atoms with van der Waals surface area (Å²) in [6.07, 6.45) is -2.70. The molecular weight excluding hydrogens is 305 g/mol. The van der Waals surface area contributed by atoms with Crippen molar-refractivity contribution in [2.24, 2.45) is 0 Å². The van der Waals surface area contributed by atoms with E-state index in [-0.39, 0.29) is 30.4 Å². The van der Waals surface area contributed by atoms with Gasteiger partial charge in [-0.05, 0) is 24.5 Å². The van der Waals surface area contributed by atoms with Gasteiger partial charge in [0.2, 0.25) is 10.0 Å². The molecule has 0 aromatic heterocycles. The van der Waals surface area contributed by atoms with Gasteiger partial charge in [-0.15, -0.1) is 0 Å². The monoisotopic (exact) mass is 322 g/mol. The van der Waals surface area contributed by atoms with Gasteiger partial charge in [-0.3, -0.25) is 0 Å². The van der Waals surface area contributed by atoms with Crippen LogP contribution in [-0.4, -0.2) is 26.8 Å². The van der Waals surface area contributed by atoms with Crippen LogP contribution in [0.5, 0.6) is 0 Å². The van der Waals surface area contributed by atoms with Gasteiger partial charge in [0.25, 0.3) is 0 Å². The van der Waals surface area contributed by atoms with Gasteiger partial charge in [0.05, 0.1) is 11.3 Å². The molecule has 0 amide bonds. The fourth-order valence-electron chi connectivity index (χ4n) is 1.89. The van der Waals surface area contributed by atoms with Gasteiger partial charge in [-0.25, -0.2) is 13.1 Å². The molecule has 1 aromatic rings. The first-order valence-corrected chi connectivity index (χ1v) is 8.29. The van der Waals surface area contributed by atoms with E-state index in [1.807, 2.05) is 0 Å². The van der Waals surface area contributed by atoms with E-state index in [9.17, 15) is 21.6 Å². The number of sulfonamides is 1. The third-order valence-electron chi connectivity index (χ3n) is 3.11. The molecular formula is C13H17F3N2O2S. The molecule has 8 heteroatoms. The Hall–Kier alpha value is -1.12. The molecule has 1 aromatic carbocycles. The van der Waals surface area contributed by atoms with Crippen molar-refractivity contribution in [1.82, 2.24) is 10.0 Å². The summed E-state index contributed by atoms with van der Waals surface area (Å²) in [5.74, 6) is -0.141. The summed E-state index contributed by atoms with van der Waals surface area (Å²) in [4.78, 5) is 0. The van der Waals surface area contributed by atoms with Gasteiger partial charge in [0.15, 0.2) is 0 Å². The average Bonchev–Trinajstić information content (AvgIpc) is 3.17. The quantitative estimate of drug-likeness (QED) is 0.754. The summed E-state index contributed by atoms with van der Waals surface area (Å²) in [5.41, 5.74) is -0.589. The van der Waals surface area contributed by atoms with Gasteiger partial charge in [0.1, 0.15) is 0 Å². The lowest BCUT2D eigenvalue weighted by Crippen LogP contribution is -2.33. The highest BCUT2D eigenvalue weighted by Crippen LogP contribution is 2.31. The Bertz CT molecular complexity index is 583. The molecule has 0 aliphatic heterocycles. The minimum absolute atomic E-state index is 0.0192. The first-order valence-electron chi connectivity index (χ1n) is 6.64. The lowest BCUT2D eigenvalue weighted by atomic mass is 10.1. The van der Waals surface area contributed by atoms with E-state index in [1.54, 1.807) is 0 Å². The van der Waals surface area contributed by atoms with Gasteiger partial charge >= 0.3 is 6.18 Å². The van der Waals surface area contributed by atoms with Gasteiger partial charge < -0.3 is 5.32 Å². The maximum Gasteiger partial charge on any atom is 0.416 e. The fourth-order valence-corrected chi connectivity index (χ4v) is 3.17. The second kappa shape index (κ2) is 6.33. The number of nitrogens with one attached hydrogen (secondary N) is 2. The molecule has 118 valence electrons. The molecule has 1 fully saturated rings. The van der Waals surface area contributed by atoms with E-state index >= 15 is 0 Å². The number of alkyl halides is 3. The molecule has 21 heavy (non-hydrogen) atoms. The second-order valence-corrected chi connectivity index (χ2v) is 6.92. The molecule has 0 atom stereocenters. The fraction of sp³-hybridized carbons (Fsp3) is 0.538. The van der Waals surface area contributed by atoms with Crippen molar-refractivity contribution in [2.45, 2.75) is 31.6 Å². The van der Waals surface area contributed by atoms with E-state index < -0.39 is 21.8 Å². The zero-order valence-electron chi connectivity index (χ0n) is 11.3. The molecule has 0 radical (unpaired) electrons. The third-order valence-corrected chi connectivity index (χ3v) is 4.54. The number of rotatable bonds is 7. The molecule has 0 heterocycles. The first kappa shape index (κ1) is 16.3. The van der Waals surface area contributed by atoms with Crippen LogP contribution in [0.15, 0.2) is 24.3 Å². The van der Waals surface area contributed by atoms with Crippen molar-refractivity contribution in [3.8, 4) is 0 Å². The molecule has 2 rings (SSSR count). The summed E-state index contributed by atoms with van der Waals surface area (Å²) < 4.78 is 64.0. The lowest BCUT2D eigenvalue weighted by Gasteiger charge is -2.13. The molecule has 0 bridgehead atoms. The number of benzene rings is 1. The van der Waals surface area contributed by atoms with E-state index in [4.69, 9.17) is 0 Å². The highest BCUT2D eigenvalue weighted by atomic mass is 32.2. The molecule has 1 aliphatic carbocycles. The maximum atomic E-state index is 12.8. The summed E-state index contributed by atoms with van der Waals surface area (Å²) in [5, 5.41) is 2.74. The van der Waals surface area contributed by atoms with Crippen molar-refractivity contribution < 1.29 is 21.6 Å². The summed E-state index contributed by atoms with van der Waals surface area (Å²) >= 11 is 0. The van der Waals surface area contributed by atoms with Crippen LogP contribution < -0.4 is 10.0 Å². The summed E-state index contributed by atoms with van der Waals surface area (Å²) in [6, 6.07) is 5.30. The van der Waals surface area contributed by atoms with Crippen LogP contribution >= 0.6 is 0 Å². The van der Waals surface area contributed by atoms with E-state index in [0.29, 0.717) is 0 Å². The van der Waals surface area contributed by atoms with Crippen LogP contribution in [0.4, 0.5) is 13.2 Å². The minimum Gasteiger partial charge on any atom is -0.312 e. The van der Waals surface area contributed by atoms with Crippen molar-refractivity contribution in [3.63, 3.8) is 0 Å². The van der Waals surface area contributed by atoms with Gasteiger partial charge in [-0.2, -0.15) is 13.2 Å². The Balaban J connectivity index is 1.83. The normalized spacial score (nSPS) is 16.1. The van der Waals surface area contributed by atoms with Crippen LogP contribution in [0.3, 0.4) is 0 Å². The zero-order valence-corrected chi connectivity index (χ0v) is 12.1. The van der Waals surface area contributed by atoms with Crippen molar-refractivity contribution >= 4 is 10.0 Å². The minimum atomic E-state index is -4.40. The van der Waals surface area contributed by atoms with Crippen LogP contribution in [0, 0.1) is 0 Å². The molecule has 0 spiro atoms. The molecule has 0 saturated heterocycles. The SMILES string of the molecule is O=S(=O)(CCNCc1ccccc1C(F)(F)F)NC1CC1. The Morgan fingerprint density at radius 3 is 2.48 bits per heavy atom. The summed E-state index contributed by atoms with van der Waals surface area (Å²) in [7, 11) is -3.35. The number of hydrogen-bond acceptors (Lipinski definition) is 3. The predicted octanol–water partition coefficient (Wildman–Crippen LogP) is 1.88. The van der Waals surface area contributed by atoms with Crippen molar-refractivity contribution in [3.05, 3.63) is 35.4 Å². The standard InChI is InChI=1S/C13H17F3N2O2S/c14-13(15,16)12-4-2-1-3-10(12)9-17-7-8-21(19,20)18-11-5-6-11/h1-4,11,17-18H,5-9H2. The zero-order chi connectivity index (χ0) is 15.5. The number of halogens is 3. The highest BCUT2D eigenvalue weighted by Gasteiger charge is 2.32. The molecule has 1 saturated carbocycles. The Labute approximate surface area is 121 Å². The molecule has 0 unspecified atom stereocenters. The maximum absolute atomic E-state index is 12.8. The second-order valence-electron chi connectivity index (χ2n) is 5.04. The van der Waals surface area contributed by atoms with E-state index in [0.717, 1.165) is 18.9 Å². The summed E-state index contributed by atoms with van der Waals surface area (Å²) in [6.45, 7) is 0.0862. The van der Waals surface area contributed by atoms with E-state index in [1.165, 1.54) is 18.2 Å². The largest absolute Gasteiger partial charge is 0.416 e. The predicted molar refractivity (Wildman–Crippen MR) is 73.1 cm³/mol. The molecule has 2 N–H and O–H groups in total. The lowest BCUT2D eigenvalue weighted by molar-refractivity contribution is -0.138. The Morgan fingerprint density at radius 2 is 1.86 bits per heavy atom. The smallest absolute Gasteiger partial charge is 0.312 e. The van der Waals surface area contributed by atoms with Crippen LogP contribution in [-0.2, 0) is 22.7 Å². The van der Waals surface area contributed by atoms with Crippen LogP contribution in [0.2, 0.25) is 0 Å². The Kier molecular flexibility index (Phi) is 4.90. The van der Waals surface area contributed by atoms with E-state index in [2.05, 4.69) is 10.0 Å². The van der Waals surface area contributed by atoms with Crippen molar-refractivity contribution in [1.29, 1.82) is 0 Å². The van der Waals surface area contributed by atoms with Crippen LogP contribution in [0.25, 0.3) is 0 Å². The first-order chi connectivity index (χ1) is 9.78. The van der Waals surface area contributed by atoms with Crippen molar-refractivity contribution in [2.75, 3.05) is 12.3 Å². The van der Waals surface area contributed by atoms with Crippen LogP contribution in [0.1, 0.15) is 24.0 Å². The Morgan fingerprint density at radius 1 is 1.19 bits per heavy atom. The topological polar surface area (TPSA) is 58.2 Å². The average molecular weight is 322 g/mol. The van der Waals surface area contributed by atoms with Gasteiger partial charge in [-0.1, -0.05) is 18.2 Å². The highest BCUT2D eigenvalue weighted by molar-refractivity contribution is 7.89. The van der Waals surface area contributed by atoms with Gasteiger partial charge in [0, 0.05) is 19.1 Å². The molecule has 1 aliphatic rings. The number of hydrogen-bond donors (Lipinski definition) is 2. The molecule has 4 nitrogen and oxygen atoms in total.